The van der Waals surface area contributed by atoms with E-state index in [-0.39, 0.29) is 11.9 Å². The maximum atomic E-state index is 10.8. The van der Waals surface area contributed by atoms with Gasteiger partial charge in [-0.25, -0.2) is 0 Å². The van der Waals surface area contributed by atoms with Crippen molar-refractivity contribution >= 4 is 34.5 Å². The second-order valence-electron chi connectivity index (χ2n) is 4.46. The molecular formula is C16H19IO4. The van der Waals surface area contributed by atoms with E-state index < -0.39 is 0 Å². The van der Waals surface area contributed by atoms with Crippen molar-refractivity contribution in [3.63, 3.8) is 0 Å². The van der Waals surface area contributed by atoms with Crippen molar-refractivity contribution in [2.75, 3.05) is 13.2 Å². The van der Waals surface area contributed by atoms with Crippen LogP contribution in [0.3, 0.4) is 0 Å². The number of esters is 2. The molecule has 5 heteroatoms. The topological polar surface area (TPSA) is 52.6 Å². The summed E-state index contributed by atoms with van der Waals surface area (Å²) in [5, 5.41) is 0. The molecule has 0 saturated carbocycles. The average Bonchev–Trinajstić information content (AvgIpc) is 2.41. The van der Waals surface area contributed by atoms with Crippen LogP contribution < -0.4 is 0 Å². The summed E-state index contributed by atoms with van der Waals surface area (Å²) in [5.74, 6) is -0.531. The molecular weight excluding hydrogens is 383 g/mol. The van der Waals surface area contributed by atoms with Crippen molar-refractivity contribution < 1.29 is 19.1 Å². The highest BCUT2D eigenvalue weighted by molar-refractivity contribution is 14.1. The number of ether oxygens (including phenoxy) is 2. The fraction of sp³-hybridized carbons (Fsp3) is 0.375. The SMILES string of the molecule is CC(=O)OC/C=C/Cc1cccc(CCOC(C)=O)c1I. The summed E-state index contributed by atoms with van der Waals surface area (Å²) >= 11 is 2.31. The summed E-state index contributed by atoms with van der Waals surface area (Å²) in [6.45, 7) is 3.51. The number of halogens is 1. The van der Waals surface area contributed by atoms with E-state index in [4.69, 9.17) is 9.47 Å². The van der Waals surface area contributed by atoms with Crippen molar-refractivity contribution in [3.05, 3.63) is 45.0 Å². The van der Waals surface area contributed by atoms with E-state index in [0.717, 1.165) is 6.42 Å². The first kappa shape index (κ1) is 17.7. The third-order valence-corrected chi connectivity index (χ3v) is 4.11. The first-order valence-electron chi connectivity index (χ1n) is 6.68. The Morgan fingerprint density at radius 1 is 1.10 bits per heavy atom. The molecule has 0 spiro atoms. The number of hydrogen-bond acceptors (Lipinski definition) is 4. The van der Waals surface area contributed by atoms with Crippen LogP contribution in [0, 0.1) is 3.57 Å². The van der Waals surface area contributed by atoms with Gasteiger partial charge in [-0.3, -0.25) is 9.59 Å². The number of carbonyl (C=O) groups is 2. The lowest BCUT2D eigenvalue weighted by atomic mass is 10.1. The highest BCUT2D eigenvalue weighted by Crippen LogP contribution is 2.19. The van der Waals surface area contributed by atoms with Gasteiger partial charge in [-0.15, -0.1) is 0 Å². The predicted molar refractivity (Wildman–Crippen MR) is 89.0 cm³/mol. The first-order chi connectivity index (χ1) is 10.0. The van der Waals surface area contributed by atoms with Gasteiger partial charge in [-0.05, 0) is 40.1 Å². The first-order valence-corrected chi connectivity index (χ1v) is 7.76. The second-order valence-corrected chi connectivity index (χ2v) is 5.54. The third kappa shape index (κ3) is 7.27. The average molecular weight is 402 g/mol. The zero-order chi connectivity index (χ0) is 15.7. The van der Waals surface area contributed by atoms with Gasteiger partial charge in [0, 0.05) is 23.8 Å². The van der Waals surface area contributed by atoms with Crippen molar-refractivity contribution in [2.24, 2.45) is 0 Å². The van der Waals surface area contributed by atoms with Gasteiger partial charge in [0.1, 0.15) is 6.61 Å². The Bertz CT molecular complexity index is 523. The van der Waals surface area contributed by atoms with Crippen LogP contribution in [0.4, 0.5) is 0 Å². The minimum Gasteiger partial charge on any atom is -0.466 e. The lowest BCUT2D eigenvalue weighted by molar-refractivity contribution is -0.141. The molecule has 0 unspecified atom stereocenters. The van der Waals surface area contributed by atoms with Gasteiger partial charge in [0.15, 0.2) is 0 Å². The molecule has 114 valence electrons. The van der Waals surface area contributed by atoms with Crippen LogP contribution in [0.1, 0.15) is 25.0 Å². The molecule has 0 amide bonds. The van der Waals surface area contributed by atoms with E-state index in [2.05, 4.69) is 28.7 Å². The van der Waals surface area contributed by atoms with Gasteiger partial charge in [0.2, 0.25) is 0 Å². The van der Waals surface area contributed by atoms with E-state index in [1.54, 1.807) is 0 Å². The fourth-order valence-corrected chi connectivity index (χ4v) is 2.58. The van der Waals surface area contributed by atoms with Crippen molar-refractivity contribution in [3.8, 4) is 0 Å². The normalized spacial score (nSPS) is 10.6. The molecule has 21 heavy (non-hydrogen) atoms. The number of hydrogen-bond donors (Lipinski definition) is 0. The molecule has 1 rings (SSSR count). The fourth-order valence-electron chi connectivity index (χ4n) is 1.73. The van der Waals surface area contributed by atoms with Gasteiger partial charge in [0.05, 0.1) is 6.61 Å². The van der Waals surface area contributed by atoms with E-state index in [1.165, 1.54) is 28.5 Å². The summed E-state index contributed by atoms with van der Waals surface area (Å²) in [4.78, 5) is 21.4. The molecule has 1 aromatic rings. The molecule has 0 heterocycles. The van der Waals surface area contributed by atoms with E-state index in [0.29, 0.717) is 19.6 Å². The Morgan fingerprint density at radius 2 is 1.76 bits per heavy atom. The molecule has 0 bridgehead atoms. The number of benzene rings is 1. The minimum atomic E-state index is -0.276. The van der Waals surface area contributed by atoms with Crippen LogP contribution in [0.2, 0.25) is 0 Å². The quantitative estimate of drug-likeness (QED) is 0.400. The Morgan fingerprint density at radius 3 is 2.43 bits per heavy atom. The van der Waals surface area contributed by atoms with Crippen molar-refractivity contribution in [1.82, 2.24) is 0 Å². The van der Waals surface area contributed by atoms with Gasteiger partial charge < -0.3 is 9.47 Å². The highest BCUT2D eigenvalue weighted by Gasteiger charge is 2.05. The minimum absolute atomic E-state index is 0.255. The molecule has 1 aromatic carbocycles. The third-order valence-electron chi connectivity index (χ3n) is 2.72. The maximum Gasteiger partial charge on any atom is 0.302 e. The molecule has 0 aliphatic rings. The van der Waals surface area contributed by atoms with Crippen LogP contribution in [0.25, 0.3) is 0 Å². The molecule has 4 nitrogen and oxygen atoms in total. The Balaban J connectivity index is 2.55. The molecule has 0 atom stereocenters. The predicted octanol–water partition coefficient (Wildman–Crippen LogP) is 3.06. The summed E-state index contributed by atoms with van der Waals surface area (Å²) in [6.07, 6.45) is 5.31. The zero-order valence-electron chi connectivity index (χ0n) is 12.2. The Kier molecular flexibility index (Phi) is 8.04. The molecule has 0 saturated heterocycles. The summed E-state index contributed by atoms with van der Waals surface area (Å²) in [6, 6.07) is 6.10. The Hall–Kier alpha value is -1.37. The van der Waals surface area contributed by atoms with E-state index in [9.17, 15) is 9.59 Å². The van der Waals surface area contributed by atoms with Gasteiger partial charge in [-0.1, -0.05) is 30.4 Å². The van der Waals surface area contributed by atoms with E-state index in [1.807, 2.05) is 24.3 Å². The second kappa shape index (κ2) is 9.55. The summed E-state index contributed by atoms with van der Waals surface area (Å²) in [5.41, 5.74) is 2.37. The van der Waals surface area contributed by atoms with E-state index >= 15 is 0 Å². The maximum absolute atomic E-state index is 10.8. The molecule has 0 fully saturated rings. The van der Waals surface area contributed by atoms with Gasteiger partial charge >= 0.3 is 11.9 Å². The number of carbonyl (C=O) groups excluding carboxylic acids is 2. The number of rotatable bonds is 7. The van der Waals surface area contributed by atoms with Crippen LogP contribution >= 0.6 is 22.6 Å². The standard InChI is InChI=1S/C16H19IO4/c1-12(18)20-10-4-3-6-14-7-5-8-15(16(14)17)9-11-21-13(2)19/h3-5,7-8H,6,9-11H2,1-2H3/b4-3+. The van der Waals surface area contributed by atoms with Crippen LogP contribution in [-0.2, 0) is 31.9 Å². The van der Waals surface area contributed by atoms with Crippen molar-refractivity contribution in [2.45, 2.75) is 26.7 Å². The molecule has 0 aromatic heterocycles. The molecule has 0 aliphatic heterocycles. The van der Waals surface area contributed by atoms with Crippen molar-refractivity contribution in [1.29, 1.82) is 0 Å². The van der Waals surface area contributed by atoms with Crippen LogP contribution in [-0.4, -0.2) is 25.2 Å². The highest BCUT2D eigenvalue weighted by atomic mass is 127. The largest absolute Gasteiger partial charge is 0.466 e. The van der Waals surface area contributed by atoms with Crippen LogP contribution in [0.5, 0.6) is 0 Å². The van der Waals surface area contributed by atoms with Gasteiger partial charge in [0.25, 0.3) is 0 Å². The summed E-state index contributed by atoms with van der Waals surface area (Å²) < 4.78 is 11.0. The number of allylic oxidation sites excluding steroid dienone is 1. The summed E-state index contributed by atoms with van der Waals surface area (Å²) in [7, 11) is 0. The molecule has 0 radical (unpaired) electrons. The molecule has 0 N–H and O–H groups in total. The molecule has 0 aliphatic carbocycles. The monoisotopic (exact) mass is 402 g/mol. The smallest absolute Gasteiger partial charge is 0.302 e. The lowest BCUT2D eigenvalue weighted by Crippen LogP contribution is -2.05. The van der Waals surface area contributed by atoms with Crippen LogP contribution in [0.15, 0.2) is 30.4 Å². The van der Waals surface area contributed by atoms with Gasteiger partial charge in [-0.2, -0.15) is 0 Å². The Labute approximate surface area is 138 Å². The lowest BCUT2D eigenvalue weighted by Gasteiger charge is -2.09. The zero-order valence-corrected chi connectivity index (χ0v) is 14.4.